The lowest BCUT2D eigenvalue weighted by atomic mass is 9.88. The average Bonchev–Trinajstić information content (AvgIpc) is 3.04. The summed E-state index contributed by atoms with van der Waals surface area (Å²) in [5.41, 5.74) is 3.18. The van der Waals surface area contributed by atoms with Crippen LogP contribution in [-0.4, -0.2) is 22.1 Å². The largest absolute Gasteiger partial charge is 0.484 e. The summed E-state index contributed by atoms with van der Waals surface area (Å²) in [4.78, 5) is 30.2. The molecule has 1 aliphatic carbocycles. The minimum Gasteiger partial charge on any atom is -0.484 e. The van der Waals surface area contributed by atoms with Gasteiger partial charge in [-0.05, 0) is 61.4 Å². The minimum atomic E-state index is -0.154. The van der Waals surface area contributed by atoms with Gasteiger partial charge in [-0.25, -0.2) is 4.98 Å². The molecule has 1 aliphatic heterocycles. The molecule has 0 radical (unpaired) electrons. The second-order valence-electron chi connectivity index (χ2n) is 8.47. The molecule has 6 heteroatoms. The number of hydrogen-bond acceptors (Lipinski definition) is 4. The molecule has 0 bridgehead atoms. The molecule has 0 unspecified atom stereocenters. The summed E-state index contributed by atoms with van der Waals surface area (Å²) in [6, 6.07) is 13.6. The Morgan fingerprint density at radius 3 is 2.94 bits per heavy atom. The van der Waals surface area contributed by atoms with Crippen LogP contribution in [0, 0.1) is 0 Å². The molecule has 2 aromatic carbocycles. The van der Waals surface area contributed by atoms with Crippen molar-refractivity contribution in [3.8, 4) is 5.75 Å². The number of hydrogen-bond donors (Lipinski definition) is 1. The van der Waals surface area contributed by atoms with Gasteiger partial charge in [-0.3, -0.25) is 14.2 Å². The number of aromatic nitrogens is 2. The van der Waals surface area contributed by atoms with E-state index in [0.717, 1.165) is 50.8 Å². The van der Waals surface area contributed by atoms with Crippen LogP contribution >= 0.6 is 0 Å². The number of ether oxygens (including phenoxy) is 1. The van der Waals surface area contributed by atoms with E-state index in [9.17, 15) is 9.59 Å². The summed E-state index contributed by atoms with van der Waals surface area (Å²) >= 11 is 0. The number of benzene rings is 2. The summed E-state index contributed by atoms with van der Waals surface area (Å²) in [5.74, 6) is 1.23. The second kappa shape index (κ2) is 8.53. The molecule has 1 atom stereocenters. The van der Waals surface area contributed by atoms with E-state index in [1.807, 2.05) is 18.2 Å². The molecule has 5 rings (SSSR count). The standard InChI is InChI=1S/C25H27N3O3/c29-24(27-21-10-6-8-17-7-3-4-9-19(17)21)16-31-18-12-13-22-20(15-18)25(30)28-14-5-1-2-11-23(28)26-22/h3-4,7,9,12-13,15,21H,1-2,5-6,8,10-11,14,16H2,(H,27,29)/t21-/m0/s1. The van der Waals surface area contributed by atoms with Crippen molar-refractivity contribution in [2.24, 2.45) is 0 Å². The van der Waals surface area contributed by atoms with Gasteiger partial charge in [0.2, 0.25) is 0 Å². The zero-order valence-electron chi connectivity index (χ0n) is 17.6. The van der Waals surface area contributed by atoms with Gasteiger partial charge in [0.25, 0.3) is 11.5 Å². The first kappa shape index (κ1) is 19.8. The quantitative estimate of drug-likeness (QED) is 0.703. The van der Waals surface area contributed by atoms with E-state index < -0.39 is 0 Å². The molecule has 6 nitrogen and oxygen atoms in total. The summed E-state index contributed by atoms with van der Waals surface area (Å²) in [6.07, 6.45) is 7.09. The number of nitrogens with one attached hydrogen (secondary N) is 1. The lowest BCUT2D eigenvalue weighted by Crippen LogP contribution is -2.34. The third-order valence-electron chi connectivity index (χ3n) is 6.36. The minimum absolute atomic E-state index is 0.0179. The normalized spacial score (nSPS) is 18.0. The van der Waals surface area contributed by atoms with Crippen LogP contribution in [0.1, 0.15) is 55.1 Å². The predicted molar refractivity (Wildman–Crippen MR) is 119 cm³/mol. The Morgan fingerprint density at radius 2 is 2.00 bits per heavy atom. The van der Waals surface area contributed by atoms with Gasteiger partial charge in [0, 0.05) is 13.0 Å². The Labute approximate surface area is 181 Å². The molecule has 0 fully saturated rings. The second-order valence-corrected chi connectivity index (χ2v) is 8.47. The third kappa shape index (κ3) is 4.07. The SMILES string of the molecule is O=C(COc1ccc2nc3n(c(=O)c2c1)CCCCC3)N[C@H]1CCCc2ccccc21. The highest BCUT2D eigenvalue weighted by Gasteiger charge is 2.21. The molecule has 160 valence electrons. The van der Waals surface area contributed by atoms with Crippen molar-refractivity contribution in [1.29, 1.82) is 0 Å². The molecule has 0 saturated carbocycles. The van der Waals surface area contributed by atoms with E-state index in [0.29, 0.717) is 23.2 Å². The lowest BCUT2D eigenvalue weighted by molar-refractivity contribution is -0.123. The maximum atomic E-state index is 13.0. The third-order valence-corrected chi connectivity index (χ3v) is 6.36. The maximum Gasteiger partial charge on any atom is 0.261 e. The zero-order valence-corrected chi connectivity index (χ0v) is 17.6. The fourth-order valence-electron chi connectivity index (χ4n) is 4.78. The Hall–Kier alpha value is -3.15. The summed E-state index contributed by atoms with van der Waals surface area (Å²) in [5, 5.41) is 3.65. The van der Waals surface area contributed by atoms with Crippen LogP contribution in [0.4, 0.5) is 0 Å². The average molecular weight is 418 g/mol. The van der Waals surface area contributed by atoms with Crippen molar-refractivity contribution in [1.82, 2.24) is 14.9 Å². The summed E-state index contributed by atoms with van der Waals surface area (Å²) in [6.45, 7) is 0.636. The Morgan fingerprint density at radius 1 is 1.10 bits per heavy atom. The van der Waals surface area contributed by atoms with Crippen molar-refractivity contribution in [2.75, 3.05) is 6.61 Å². The first-order valence-corrected chi connectivity index (χ1v) is 11.2. The monoisotopic (exact) mass is 417 g/mol. The van der Waals surface area contributed by atoms with Gasteiger partial charge in [-0.1, -0.05) is 30.7 Å². The Bertz CT molecular complexity index is 1180. The number of rotatable bonds is 4. The highest BCUT2D eigenvalue weighted by Crippen LogP contribution is 2.29. The molecule has 2 aliphatic rings. The Kier molecular flexibility index (Phi) is 5.45. The molecular formula is C25H27N3O3. The molecule has 2 heterocycles. The van der Waals surface area contributed by atoms with Crippen molar-refractivity contribution in [2.45, 2.75) is 57.5 Å². The molecule has 1 amide bonds. The van der Waals surface area contributed by atoms with Gasteiger partial charge in [-0.15, -0.1) is 0 Å². The molecule has 1 N–H and O–H groups in total. The first-order chi connectivity index (χ1) is 15.2. The molecule has 31 heavy (non-hydrogen) atoms. The van der Waals surface area contributed by atoms with Gasteiger partial charge in [-0.2, -0.15) is 0 Å². The number of amides is 1. The van der Waals surface area contributed by atoms with Crippen molar-refractivity contribution < 1.29 is 9.53 Å². The van der Waals surface area contributed by atoms with Crippen LogP contribution in [0.2, 0.25) is 0 Å². The van der Waals surface area contributed by atoms with Crippen LogP contribution in [0.25, 0.3) is 10.9 Å². The zero-order chi connectivity index (χ0) is 21.2. The molecule has 0 saturated heterocycles. The van der Waals surface area contributed by atoms with Crippen LogP contribution < -0.4 is 15.6 Å². The number of carbonyl (C=O) groups excluding carboxylic acids is 1. The van der Waals surface area contributed by atoms with Gasteiger partial charge in [0.1, 0.15) is 11.6 Å². The predicted octanol–water partition coefficient (Wildman–Crippen LogP) is 3.70. The highest BCUT2D eigenvalue weighted by atomic mass is 16.5. The summed E-state index contributed by atoms with van der Waals surface area (Å²) < 4.78 is 7.54. The van der Waals surface area contributed by atoms with Gasteiger partial charge >= 0.3 is 0 Å². The summed E-state index contributed by atoms with van der Waals surface area (Å²) in [7, 11) is 0. The van der Waals surface area contributed by atoms with E-state index in [4.69, 9.17) is 9.72 Å². The smallest absolute Gasteiger partial charge is 0.261 e. The van der Waals surface area contributed by atoms with Crippen LogP contribution in [0.15, 0.2) is 47.3 Å². The van der Waals surface area contributed by atoms with Gasteiger partial charge < -0.3 is 10.1 Å². The number of carbonyl (C=O) groups is 1. The van der Waals surface area contributed by atoms with E-state index in [1.165, 1.54) is 11.1 Å². The first-order valence-electron chi connectivity index (χ1n) is 11.2. The van der Waals surface area contributed by atoms with Crippen LogP contribution in [0.5, 0.6) is 5.75 Å². The van der Waals surface area contributed by atoms with E-state index in [2.05, 4.69) is 17.4 Å². The van der Waals surface area contributed by atoms with Gasteiger partial charge in [0.05, 0.1) is 16.9 Å². The van der Waals surface area contributed by atoms with Crippen LogP contribution in [0.3, 0.4) is 0 Å². The van der Waals surface area contributed by atoms with Crippen molar-refractivity contribution in [3.05, 3.63) is 69.8 Å². The fourth-order valence-corrected chi connectivity index (χ4v) is 4.78. The molecular weight excluding hydrogens is 390 g/mol. The molecule has 0 spiro atoms. The molecule has 1 aromatic heterocycles. The topological polar surface area (TPSA) is 73.2 Å². The number of aryl methyl sites for hydroxylation is 2. The highest BCUT2D eigenvalue weighted by molar-refractivity contribution is 5.80. The Balaban J connectivity index is 1.29. The van der Waals surface area contributed by atoms with E-state index in [-0.39, 0.29) is 24.1 Å². The lowest BCUT2D eigenvalue weighted by Gasteiger charge is -2.26. The van der Waals surface area contributed by atoms with Gasteiger partial charge in [0.15, 0.2) is 6.61 Å². The van der Waals surface area contributed by atoms with E-state index >= 15 is 0 Å². The number of fused-ring (bicyclic) bond motifs is 3. The maximum absolute atomic E-state index is 13.0. The van der Waals surface area contributed by atoms with Crippen molar-refractivity contribution >= 4 is 16.8 Å². The number of nitrogens with zero attached hydrogens (tertiary/aromatic N) is 2. The molecule has 3 aromatic rings. The van der Waals surface area contributed by atoms with Crippen molar-refractivity contribution in [3.63, 3.8) is 0 Å². The fraction of sp³-hybridized carbons (Fsp3) is 0.400. The van der Waals surface area contributed by atoms with Crippen LogP contribution in [-0.2, 0) is 24.2 Å². The van der Waals surface area contributed by atoms with E-state index in [1.54, 1.807) is 16.7 Å².